The molecule has 3 rings (SSSR count). The zero-order chi connectivity index (χ0) is 16.2. The van der Waals surface area contributed by atoms with E-state index in [4.69, 9.17) is 4.42 Å². The first-order valence-corrected chi connectivity index (χ1v) is 8.48. The Morgan fingerprint density at radius 1 is 1.35 bits per heavy atom. The zero-order valence-electron chi connectivity index (χ0n) is 12.0. The highest BCUT2D eigenvalue weighted by Crippen LogP contribution is 2.28. The molecule has 1 unspecified atom stereocenters. The van der Waals surface area contributed by atoms with E-state index in [2.05, 4.69) is 15.5 Å². The van der Waals surface area contributed by atoms with Gasteiger partial charge in [-0.3, -0.25) is 4.79 Å². The van der Waals surface area contributed by atoms with Crippen LogP contribution in [0.3, 0.4) is 0 Å². The number of hydrogen-bond acceptors (Lipinski definition) is 6. The molecule has 0 radical (unpaired) electrons. The number of carbonyl (C=O) groups is 1. The topological polar surface area (TPSA) is 68.0 Å². The minimum atomic E-state index is -0.463. The minimum Gasteiger partial charge on any atom is -0.410 e. The highest BCUT2D eigenvalue weighted by Gasteiger charge is 2.19. The summed E-state index contributed by atoms with van der Waals surface area (Å²) in [4.78, 5) is 13.0. The molecule has 0 aliphatic rings. The van der Waals surface area contributed by atoms with Gasteiger partial charge in [-0.1, -0.05) is 23.9 Å². The number of hydrogen-bond donors (Lipinski definition) is 1. The summed E-state index contributed by atoms with van der Waals surface area (Å²) in [5.41, 5.74) is 0.409. The smallest absolute Gasteiger partial charge is 0.277 e. The molecule has 5 nitrogen and oxygen atoms in total. The molecule has 1 N–H and O–H groups in total. The molecule has 0 saturated carbocycles. The first-order valence-electron chi connectivity index (χ1n) is 6.72. The van der Waals surface area contributed by atoms with Crippen LogP contribution in [0.2, 0.25) is 0 Å². The van der Waals surface area contributed by atoms with E-state index in [0.29, 0.717) is 16.8 Å². The molecule has 0 aliphatic carbocycles. The number of carbonyl (C=O) groups excluding carboxylic acids is 1. The molecule has 0 bridgehead atoms. The largest absolute Gasteiger partial charge is 0.410 e. The first kappa shape index (κ1) is 15.7. The maximum Gasteiger partial charge on any atom is 0.277 e. The molecular formula is C15H12FN3O2S2. The molecule has 8 heteroatoms. The summed E-state index contributed by atoms with van der Waals surface area (Å²) >= 11 is 2.65. The van der Waals surface area contributed by atoms with E-state index >= 15 is 0 Å². The summed E-state index contributed by atoms with van der Waals surface area (Å²) in [5.74, 6) is -0.239. The van der Waals surface area contributed by atoms with Crippen LogP contribution in [-0.4, -0.2) is 21.4 Å². The SMILES string of the molecule is CC(Sc1nnc(-c2cccs2)o1)C(=O)Nc1cccc(F)c1. The molecular weight excluding hydrogens is 337 g/mol. The normalized spacial score (nSPS) is 12.1. The number of thioether (sulfide) groups is 1. The molecule has 2 aromatic heterocycles. The van der Waals surface area contributed by atoms with Crippen molar-refractivity contribution in [3.05, 3.63) is 47.6 Å². The van der Waals surface area contributed by atoms with Crippen LogP contribution in [0.15, 0.2) is 51.4 Å². The van der Waals surface area contributed by atoms with Crippen LogP contribution in [0.5, 0.6) is 0 Å². The van der Waals surface area contributed by atoms with Gasteiger partial charge in [0.25, 0.3) is 11.1 Å². The molecule has 0 aliphatic heterocycles. The van der Waals surface area contributed by atoms with Crippen molar-refractivity contribution in [1.82, 2.24) is 10.2 Å². The van der Waals surface area contributed by atoms with Gasteiger partial charge in [0.15, 0.2) is 0 Å². The first-order chi connectivity index (χ1) is 11.1. The average Bonchev–Trinajstić information content (AvgIpc) is 3.17. The lowest BCUT2D eigenvalue weighted by Crippen LogP contribution is -2.22. The predicted octanol–water partition coefficient (Wildman–Crippen LogP) is 4.06. The zero-order valence-corrected chi connectivity index (χ0v) is 13.7. The van der Waals surface area contributed by atoms with Crippen molar-refractivity contribution in [3.63, 3.8) is 0 Å². The Kier molecular flexibility index (Phi) is 4.73. The predicted molar refractivity (Wildman–Crippen MR) is 88.0 cm³/mol. The van der Waals surface area contributed by atoms with E-state index in [0.717, 1.165) is 16.6 Å². The number of nitrogens with zero attached hydrogens (tertiary/aromatic N) is 2. The van der Waals surface area contributed by atoms with Crippen LogP contribution in [0, 0.1) is 5.82 Å². The van der Waals surface area contributed by atoms with Crippen LogP contribution in [0.1, 0.15) is 6.92 Å². The number of anilines is 1. The van der Waals surface area contributed by atoms with Gasteiger partial charge in [-0.25, -0.2) is 4.39 Å². The van der Waals surface area contributed by atoms with Crippen LogP contribution in [-0.2, 0) is 4.79 Å². The van der Waals surface area contributed by atoms with Gasteiger partial charge in [0, 0.05) is 5.69 Å². The van der Waals surface area contributed by atoms with E-state index in [1.807, 2.05) is 17.5 Å². The second-order valence-corrected chi connectivity index (χ2v) is 6.85. The fourth-order valence-corrected chi connectivity index (χ4v) is 3.10. The summed E-state index contributed by atoms with van der Waals surface area (Å²) < 4.78 is 18.6. The summed E-state index contributed by atoms with van der Waals surface area (Å²) in [6.07, 6.45) is 0. The summed E-state index contributed by atoms with van der Waals surface area (Å²) in [6.45, 7) is 1.72. The molecule has 1 aromatic carbocycles. The molecule has 2 heterocycles. The lowest BCUT2D eigenvalue weighted by atomic mass is 10.3. The van der Waals surface area contributed by atoms with E-state index in [1.54, 1.807) is 13.0 Å². The van der Waals surface area contributed by atoms with Crippen molar-refractivity contribution >= 4 is 34.7 Å². The van der Waals surface area contributed by atoms with Crippen molar-refractivity contribution < 1.29 is 13.6 Å². The van der Waals surface area contributed by atoms with Crippen LogP contribution in [0.25, 0.3) is 10.8 Å². The minimum absolute atomic E-state index is 0.267. The Morgan fingerprint density at radius 2 is 2.22 bits per heavy atom. The van der Waals surface area contributed by atoms with E-state index in [1.165, 1.54) is 29.5 Å². The van der Waals surface area contributed by atoms with E-state index < -0.39 is 11.1 Å². The molecule has 1 atom stereocenters. The quantitative estimate of drug-likeness (QED) is 0.704. The van der Waals surface area contributed by atoms with Crippen molar-refractivity contribution in [2.24, 2.45) is 0 Å². The highest BCUT2D eigenvalue weighted by molar-refractivity contribution is 8.00. The molecule has 118 valence electrons. The van der Waals surface area contributed by atoms with Crippen molar-refractivity contribution in [1.29, 1.82) is 0 Å². The summed E-state index contributed by atoms with van der Waals surface area (Å²) in [6, 6.07) is 9.52. The lowest BCUT2D eigenvalue weighted by Gasteiger charge is -2.09. The van der Waals surface area contributed by atoms with Crippen molar-refractivity contribution in [2.75, 3.05) is 5.32 Å². The Bertz CT molecular complexity index is 805. The number of halogens is 1. The fourth-order valence-electron chi connectivity index (χ4n) is 1.77. The second kappa shape index (κ2) is 6.93. The maximum absolute atomic E-state index is 13.1. The van der Waals surface area contributed by atoms with Gasteiger partial charge in [-0.2, -0.15) is 0 Å². The molecule has 3 aromatic rings. The van der Waals surface area contributed by atoms with Gasteiger partial charge in [-0.15, -0.1) is 21.5 Å². The second-order valence-electron chi connectivity index (χ2n) is 4.61. The Hall–Kier alpha value is -2.19. The average molecular weight is 349 g/mol. The van der Waals surface area contributed by atoms with Gasteiger partial charge in [0.2, 0.25) is 5.91 Å². The van der Waals surface area contributed by atoms with Gasteiger partial charge >= 0.3 is 0 Å². The molecule has 0 fully saturated rings. The Labute approximate surface area is 139 Å². The molecule has 1 amide bonds. The fraction of sp³-hybridized carbons (Fsp3) is 0.133. The number of nitrogens with one attached hydrogen (secondary N) is 1. The summed E-state index contributed by atoms with van der Waals surface area (Å²) in [5, 5.41) is 12.3. The molecule has 0 saturated heterocycles. The van der Waals surface area contributed by atoms with Crippen LogP contribution < -0.4 is 5.32 Å². The van der Waals surface area contributed by atoms with Crippen molar-refractivity contribution in [2.45, 2.75) is 17.4 Å². The molecule has 0 spiro atoms. The number of thiophene rings is 1. The number of benzene rings is 1. The Balaban J connectivity index is 1.62. The van der Waals surface area contributed by atoms with Gasteiger partial charge < -0.3 is 9.73 Å². The van der Waals surface area contributed by atoms with Crippen molar-refractivity contribution in [3.8, 4) is 10.8 Å². The number of aromatic nitrogens is 2. The maximum atomic E-state index is 13.1. The van der Waals surface area contributed by atoms with Crippen LogP contribution >= 0.6 is 23.1 Å². The summed E-state index contributed by atoms with van der Waals surface area (Å²) in [7, 11) is 0. The Morgan fingerprint density at radius 3 is 2.96 bits per heavy atom. The lowest BCUT2D eigenvalue weighted by molar-refractivity contribution is -0.115. The molecule has 23 heavy (non-hydrogen) atoms. The monoisotopic (exact) mass is 349 g/mol. The van der Waals surface area contributed by atoms with Gasteiger partial charge in [-0.05, 0) is 36.6 Å². The number of rotatable bonds is 5. The third-order valence-corrected chi connectivity index (χ3v) is 4.67. The van der Waals surface area contributed by atoms with Gasteiger partial charge in [0.1, 0.15) is 5.82 Å². The van der Waals surface area contributed by atoms with Crippen LogP contribution in [0.4, 0.5) is 10.1 Å². The highest BCUT2D eigenvalue weighted by atomic mass is 32.2. The third kappa shape index (κ3) is 3.96. The van der Waals surface area contributed by atoms with E-state index in [-0.39, 0.29) is 5.91 Å². The standard InChI is InChI=1S/C15H12FN3O2S2/c1-9(13(20)17-11-5-2-4-10(16)8-11)23-15-19-18-14(21-15)12-6-3-7-22-12/h2-9H,1H3,(H,17,20). The van der Waals surface area contributed by atoms with Gasteiger partial charge in [0.05, 0.1) is 10.1 Å². The third-order valence-electron chi connectivity index (χ3n) is 2.88. The number of amides is 1. The van der Waals surface area contributed by atoms with E-state index in [9.17, 15) is 9.18 Å².